The second-order valence-electron chi connectivity index (χ2n) is 5.03. The average molecular weight is 242 g/mol. The molecule has 1 fully saturated rings. The van der Waals surface area contributed by atoms with E-state index in [0.29, 0.717) is 0 Å². The van der Waals surface area contributed by atoms with Crippen molar-refractivity contribution in [3.8, 4) is 0 Å². The van der Waals surface area contributed by atoms with Crippen LogP contribution in [0.15, 0.2) is 35.1 Å². The lowest BCUT2D eigenvalue weighted by Gasteiger charge is -2.24. The highest BCUT2D eigenvalue weighted by atomic mass is 16.1. The fourth-order valence-electron chi connectivity index (χ4n) is 2.81. The van der Waals surface area contributed by atoms with E-state index in [2.05, 4.69) is 17.4 Å². The number of rotatable bonds is 1. The molecule has 0 saturated carbocycles. The predicted octanol–water partition coefficient (Wildman–Crippen LogP) is 2.35. The SMILES string of the molecule is Cn1c(=O)c(C2CCCCN2)cc2ccccc21. The van der Waals surface area contributed by atoms with Gasteiger partial charge in [-0.15, -0.1) is 0 Å². The van der Waals surface area contributed by atoms with Crippen LogP contribution in [0.2, 0.25) is 0 Å². The van der Waals surface area contributed by atoms with Gasteiger partial charge in [0.15, 0.2) is 0 Å². The first-order chi connectivity index (χ1) is 8.77. The Labute approximate surface area is 106 Å². The quantitative estimate of drug-likeness (QED) is 0.833. The molecule has 2 heterocycles. The molecule has 1 aromatic carbocycles. The molecule has 1 saturated heterocycles. The molecule has 1 aliphatic heterocycles. The van der Waals surface area contributed by atoms with Gasteiger partial charge in [0.2, 0.25) is 0 Å². The van der Waals surface area contributed by atoms with Gasteiger partial charge < -0.3 is 9.88 Å². The van der Waals surface area contributed by atoms with Crippen LogP contribution < -0.4 is 10.9 Å². The molecule has 18 heavy (non-hydrogen) atoms. The van der Waals surface area contributed by atoms with E-state index in [1.54, 1.807) is 4.57 Å². The Bertz CT molecular complexity index is 624. The highest BCUT2D eigenvalue weighted by Crippen LogP contribution is 2.23. The van der Waals surface area contributed by atoms with Gasteiger partial charge in [-0.05, 0) is 36.9 Å². The Morgan fingerprint density at radius 1 is 1.28 bits per heavy atom. The highest BCUT2D eigenvalue weighted by Gasteiger charge is 2.19. The van der Waals surface area contributed by atoms with Crippen molar-refractivity contribution in [3.05, 3.63) is 46.2 Å². The molecule has 1 aromatic heterocycles. The number of hydrogen-bond donors (Lipinski definition) is 1. The molecule has 1 atom stereocenters. The average Bonchev–Trinajstić information content (AvgIpc) is 2.44. The van der Waals surface area contributed by atoms with E-state index in [4.69, 9.17) is 0 Å². The van der Waals surface area contributed by atoms with E-state index in [-0.39, 0.29) is 11.6 Å². The Balaban J connectivity index is 2.17. The van der Waals surface area contributed by atoms with Gasteiger partial charge in [-0.1, -0.05) is 24.6 Å². The largest absolute Gasteiger partial charge is 0.311 e. The molecule has 0 aliphatic carbocycles. The van der Waals surface area contributed by atoms with E-state index < -0.39 is 0 Å². The zero-order chi connectivity index (χ0) is 12.5. The van der Waals surface area contributed by atoms with E-state index in [1.807, 2.05) is 25.2 Å². The maximum absolute atomic E-state index is 12.4. The first-order valence-corrected chi connectivity index (χ1v) is 6.59. The predicted molar refractivity (Wildman–Crippen MR) is 73.8 cm³/mol. The summed E-state index contributed by atoms with van der Waals surface area (Å²) in [7, 11) is 1.86. The Kier molecular flexibility index (Phi) is 2.92. The highest BCUT2D eigenvalue weighted by molar-refractivity contribution is 5.79. The zero-order valence-corrected chi connectivity index (χ0v) is 10.6. The summed E-state index contributed by atoms with van der Waals surface area (Å²) in [4.78, 5) is 12.4. The number of para-hydroxylation sites is 1. The van der Waals surface area contributed by atoms with Crippen LogP contribution in [0.1, 0.15) is 30.9 Å². The third kappa shape index (κ3) is 1.85. The van der Waals surface area contributed by atoms with Gasteiger partial charge in [0.25, 0.3) is 5.56 Å². The van der Waals surface area contributed by atoms with E-state index in [9.17, 15) is 4.79 Å². The second-order valence-corrected chi connectivity index (χ2v) is 5.03. The number of piperidine rings is 1. The smallest absolute Gasteiger partial charge is 0.255 e. The number of aryl methyl sites for hydroxylation is 1. The van der Waals surface area contributed by atoms with E-state index >= 15 is 0 Å². The number of nitrogens with one attached hydrogen (secondary N) is 1. The number of nitrogens with zero attached hydrogens (tertiary/aromatic N) is 1. The standard InChI is InChI=1S/C15H18N2O/c1-17-14-8-3-2-6-11(14)10-12(15(17)18)13-7-4-5-9-16-13/h2-3,6,8,10,13,16H,4-5,7,9H2,1H3. The molecule has 3 nitrogen and oxygen atoms in total. The van der Waals surface area contributed by atoms with Crippen molar-refractivity contribution in [1.29, 1.82) is 0 Å². The molecule has 0 spiro atoms. The minimum Gasteiger partial charge on any atom is -0.311 e. The minimum absolute atomic E-state index is 0.132. The van der Waals surface area contributed by atoms with Gasteiger partial charge in [-0.2, -0.15) is 0 Å². The Morgan fingerprint density at radius 2 is 2.11 bits per heavy atom. The summed E-state index contributed by atoms with van der Waals surface area (Å²) in [5.74, 6) is 0. The summed E-state index contributed by atoms with van der Waals surface area (Å²) in [6.07, 6.45) is 3.48. The lowest BCUT2D eigenvalue weighted by Crippen LogP contribution is -2.33. The number of aromatic nitrogens is 1. The molecule has 0 amide bonds. The normalized spacial score (nSPS) is 20.2. The third-order valence-corrected chi connectivity index (χ3v) is 3.85. The van der Waals surface area contributed by atoms with Crippen LogP contribution in [-0.2, 0) is 7.05 Å². The first kappa shape index (κ1) is 11.5. The van der Waals surface area contributed by atoms with Crippen molar-refractivity contribution >= 4 is 10.9 Å². The van der Waals surface area contributed by atoms with Crippen LogP contribution in [0.3, 0.4) is 0 Å². The molecule has 3 heteroatoms. The summed E-state index contributed by atoms with van der Waals surface area (Å²) < 4.78 is 1.76. The topological polar surface area (TPSA) is 34.0 Å². The maximum atomic E-state index is 12.4. The van der Waals surface area contributed by atoms with Gasteiger partial charge in [0.05, 0.1) is 5.52 Å². The van der Waals surface area contributed by atoms with Crippen molar-refractivity contribution in [2.75, 3.05) is 6.54 Å². The van der Waals surface area contributed by atoms with Gasteiger partial charge >= 0.3 is 0 Å². The molecule has 0 bridgehead atoms. The first-order valence-electron chi connectivity index (χ1n) is 6.59. The van der Waals surface area contributed by atoms with Crippen LogP contribution in [-0.4, -0.2) is 11.1 Å². The summed E-state index contributed by atoms with van der Waals surface area (Å²) in [5, 5.41) is 4.60. The van der Waals surface area contributed by atoms with Crippen molar-refractivity contribution in [2.24, 2.45) is 7.05 Å². The number of benzene rings is 1. The minimum atomic E-state index is 0.132. The van der Waals surface area contributed by atoms with Crippen LogP contribution in [0.5, 0.6) is 0 Å². The fourth-order valence-corrected chi connectivity index (χ4v) is 2.81. The summed E-state index contributed by atoms with van der Waals surface area (Å²) in [5.41, 5.74) is 2.05. The second kappa shape index (κ2) is 4.58. The molecule has 1 aliphatic rings. The van der Waals surface area contributed by atoms with Crippen LogP contribution >= 0.6 is 0 Å². The van der Waals surface area contributed by atoms with Gasteiger partial charge in [0.1, 0.15) is 0 Å². The molecular formula is C15H18N2O. The third-order valence-electron chi connectivity index (χ3n) is 3.85. The van der Waals surface area contributed by atoms with Gasteiger partial charge in [-0.25, -0.2) is 0 Å². The Hall–Kier alpha value is -1.61. The van der Waals surface area contributed by atoms with Gasteiger partial charge in [-0.3, -0.25) is 4.79 Å². The fraction of sp³-hybridized carbons (Fsp3) is 0.400. The monoisotopic (exact) mass is 242 g/mol. The summed E-state index contributed by atoms with van der Waals surface area (Å²) in [6, 6.07) is 10.3. The lowest BCUT2D eigenvalue weighted by molar-refractivity contribution is 0.409. The molecule has 1 unspecified atom stereocenters. The maximum Gasteiger partial charge on any atom is 0.255 e. The van der Waals surface area contributed by atoms with Crippen LogP contribution in [0, 0.1) is 0 Å². The van der Waals surface area contributed by atoms with Crippen LogP contribution in [0.25, 0.3) is 10.9 Å². The summed E-state index contributed by atoms with van der Waals surface area (Å²) >= 11 is 0. The van der Waals surface area contributed by atoms with Crippen molar-refractivity contribution in [1.82, 2.24) is 9.88 Å². The van der Waals surface area contributed by atoms with Gasteiger partial charge in [0, 0.05) is 18.7 Å². The molecular weight excluding hydrogens is 224 g/mol. The van der Waals surface area contributed by atoms with Crippen molar-refractivity contribution < 1.29 is 0 Å². The molecule has 0 radical (unpaired) electrons. The zero-order valence-electron chi connectivity index (χ0n) is 10.6. The van der Waals surface area contributed by atoms with Crippen molar-refractivity contribution in [3.63, 3.8) is 0 Å². The lowest BCUT2D eigenvalue weighted by atomic mass is 9.97. The Morgan fingerprint density at radius 3 is 2.89 bits per heavy atom. The number of pyridine rings is 1. The number of fused-ring (bicyclic) bond motifs is 1. The molecule has 1 N–H and O–H groups in total. The molecule has 2 aromatic rings. The van der Waals surface area contributed by atoms with E-state index in [1.165, 1.54) is 12.8 Å². The summed E-state index contributed by atoms with van der Waals surface area (Å²) in [6.45, 7) is 1.01. The van der Waals surface area contributed by atoms with E-state index in [0.717, 1.165) is 29.4 Å². The van der Waals surface area contributed by atoms with Crippen molar-refractivity contribution in [2.45, 2.75) is 25.3 Å². The molecule has 3 rings (SSSR count). The number of hydrogen-bond acceptors (Lipinski definition) is 2. The van der Waals surface area contributed by atoms with Crippen LogP contribution in [0.4, 0.5) is 0 Å². The molecule has 94 valence electrons.